The van der Waals surface area contributed by atoms with Gasteiger partial charge in [0.1, 0.15) is 0 Å². The first-order chi connectivity index (χ1) is 9.54. The smallest absolute Gasteiger partial charge is 0.233 e. The van der Waals surface area contributed by atoms with E-state index in [-0.39, 0.29) is 11.8 Å². The van der Waals surface area contributed by atoms with Crippen LogP contribution < -0.4 is 11.1 Å². The molecule has 1 aromatic carbocycles. The molecule has 3 N–H and O–H groups in total. The topological polar surface area (TPSA) is 72.9 Å². The third kappa shape index (κ3) is 2.66. The zero-order chi connectivity index (χ0) is 14.7. The van der Waals surface area contributed by atoms with Gasteiger partial charge in [0.25, 0.3) is 0 Å². The molecule has 1 amide bonds. The highest BCUT2D eigenvalue weighted by Gasteiger charge is 2.21. The summed E-state index contributed by atoms with van der Waals surface area (Å²) in [5, 5.41) is 7.08. The van der Waals surface area contributed by atoms with Gasteiger partial charge in [-0.2, -0.15) is 5.10 Å². The fourth-order valence-corrected chi connectivity index (χ4v) is 2.28. The first kappa shape index (κ1) is 14.1. The highest BCUT2D eigenvalue weighted by Crippen LogP contribution is 2.25. The Kier molecular flexibility index (Phi) is 4.08. The first-order valence-corrected chi connectivity index (χ1v) is 6.69. The second-order valence-corrected chi connectivity index (χ2v) is 4.83. The molecular formula is C15H20N4O. The lowest BCUT2D eigenvalue weighted by molar-refractivity contribution is -0.117. The molecule has 0 aliphatic heterocycles. The second kappa shape index (κ2) is 5.77. The Hall–Kier alpha value is -2.30. The Morgan fingerprint density at radius 2 is 2.05 bits per heavy atom. The van der Waals surface area contributed by atoms with Crippen LogP contribution in [-0.2, 0) is 11.8 Å². The van der Waals surface area contributed by atoms with E-state index in [1.807, 2.05) is 44.2 Å². The number of nitrogens with one attached hydrogen (secondary N) is 1. The van der Waals surface area contributed by atoms with E-state index < -0.39 is 0 Å². The molecule has 5 nitrogen and oxygen atoms in total. The number of aryl methyl sites for hydroxylation is 2. The number of aromatic nitrogens is 2. The number of nitrogen functional groups attached to an aromatic ring is 1. The van der Waals surface area contributed by atoms with Gasteiger partial charge in [0.15, 0.2) is 5.82 Å². The maximum Gasteiger partial charge on any atom is 0.233 e. The summed E-state index contributed by atoms with van der Waals surface area (Å²) in [5.74, 6) is 0.307. The molecule has 20 heavy (non-hydrogen) atoms. The maximum absolute atomic E-state index is 12.5. The van der Waals surface area contributed by atoms with Gasteiger partial charge in [0, 0.05) is 7.05 Å². The molecule has 2 aromatic rings. The number of nitrogens with zero attached hydrogens (tertiary/aromatic N) is 2. The monoisotopic (exact) mass is 272 g/mol. The summed E-state index contributed by atoms with van der Waals surface area (Å²) in [5.41, 5.74) is 8.17. The Morgan fingerprint density at radius 1 is 1.40 bits per heavy atom. The van der Waals surface area contributed by atoms with Crippen LogP contribution in [-0.4, -0.2) is 15.7 Å². The number of hydrogen-bond donors (Lipinski definition) is 2. The Labute approximate surface area is 118 Å². The summed E-state index contributed by atoms with van der Waals surface area (Å²) >= 11 is 0. The van der Waals surface area contributed by atoms with Crippen molar-refractivity contribution in [3.63, 3.8) is 0 Å². The van der Waals surface area contributed by atoms with Crippen molar-refractivity contribution in [2.75, 3.05) is 11.1 Å². The summed E-state index contributed by atoms with van der Waals surface area (Å²) in [6, 6.07) is 9.75. The predicted octanol–water partition coefficient (Wildman–Crippen LogP) is 2.44. The highest BCUT2D eigenvalue weighted by molar-refractivity contribution is 5.97. The van der Waals surface area contributed by atoms with E-state index in [1.165, 1.54) is 0 Å². The summed E-state index contributed by atoms with van der Waals surface area (Å²) < 4.78 is 1.60. The zero-order valence-electron chi connectivity index (χ0n) is 12.1. The number of carbonyl (C=O) groups is 1. The molecule has 0 saturated carbocycles. The second-order valence-electron chi connectivity index (χ2n) is 4.83. The zero-order valence-corrected chi connectivity index (χ0v) is 12.1. The number of carbonyl (C=O) groups excluding carboxylic acids is 1. The van der Waals surface area contributed by atoms with Crippen molar-refractivity contribution in [1.29, 1.82) is 0 Å². The van der Waals surface area contributed by atoms with Crippen LogP contribution >= 0.6 is 0 Å². The van der Waals surface area contributed by atoms with Gasteiger partial charge in [-0.25, -0.2) is 0 Å². The van der Waals surface area contributed by atoms with Gasteiger partial charge in [-0.15, -0.1) is 0 Å². The van der Waals surface area contributed by atoms with Crippen molar-refractivity contribution in [2.24, 2.45) is 7.05 Å². The van der Waals surface area contributed by atoms with Crippen LogP contribution in [0.3, 0.4) is 0 Å². The molecule has 1 heterocycles. The van der Waals surface area contributed by atoms with Crippen LogP contribution in [0.1, 0.15) is 30.5 Å². The number of hydrogen-bond acceptors (Lipinski definition) is 3. The lowest BCUT2D eigenvalue weighted by atomic mass is 9.96. The van der Waals surface area contributed by atoms with E-state index in [0.717, 1.165) is 17.7 Å². The van der Waals surface area contributed by atoms with Crippen molar-refractivity contribution >= 4 is 17.4 Å². The fraction of sp³-hybridized carbons (Fsp3) is 0.333. The minimum absolute atomic E-state index is 0.0617. The Balaban J connectivity index is 2.22. The van der Waals surface area contributed by atoms with Gasteiger partial charge in [-0.05, 0) is 18.9 Å². The summed E-state index contributed by atoms with van der Waals surface area (Å²) in [6.45, 7) is 3.81. The Morgan fingerprint density at radius 3 is 2.55 bits per heavy atom. The molecule has 1 atom stereocenters. The molecule has 2 rings (SSSR count). The van der Waals surface area contributed by atoms with Crippen molar-refractivity contribution in [3.05, 3.63) is 41.6 Å². The average Bonchev–Trinajstić information content (AvgIpc) is 2.67. The third-order valence-electron chi connectivity index (χ3n) is 3.44. The van der Waals surface area contributed by atoms with E-state index >= 15 is 0 Å². The molecule has 1 unspecified atom stereocenters. The third-order valence-corrected chi connectivity index (χ3v) is 3.44. The van der Waals surface area contributed by atoms with Crippen molar-refractivity contribution in [3.8, 4) is 0 Å². The number of anilines is 2. The van der Waals surface area contributed by atoms with Crippen molar-refractivity contribution < 1.29 is 4.79 Å². The number of benzene rings is 1. The minimum Gasteiger partial charge on any atom is -0.394 e. The molecule has 106 valence electrons. The molecule has 0 aliphatic rings. The molecule has 0 saturated heterocycles. The summed E-state index contributed by atoms with van der Waals surface area (Å²) in [7, 11) is 1.77. The Bertz CT molecular complexity index is 604. The maximum atomic E-state index is 12.5. The lowest BCUT2D eigenvalue weighted by Gasteiger charge is -2.15. The molecule has 0 aliphatic carbocycles. The lowest BCUT2D eigenvalue weighted by Crippen LogP contribution is -2.22. The minimum atomic E-state index is -0.189. The van der Waals surface area contributed by atoms with Crippen LogP contribution in [0.15, 0.2) is 30.3 Å². The van der Waals surface area contributed by atoms with Crippen LogP contribution in [0.4, 0.5) is 11.5 Å². The van der Waals surface area contributed by atoms with Gasteiger partial charge in [-0.1, -0.05) is 37.3 Å². The molecular weight excluding hydrogens is 252 g/mol. The largest absolute Gasteiger partial charge is 0.394 e. The van der Waals surface area contributed by atoms with Crippen LogP contribution in [0.2, 0.25) is 0 Å². The molecule has 0 radical (unpaired) electrons. The summed E-state index contributed by atoms with van der Waals surface area (Å²) in [4.78, 5) is 12.5. The van der Waals surface area contributed by atoms with Crippen LogP contribution in [0.25, 0.3) is 0 Å². The van der Waals surface area contributed by atoms with Crippen LogP contribution in [0.5, 0.6) is 0 Å². The molecule has 0 bridgehead atoms. The van der Waals surface area contributed by atoms with Crippen molar-refractivity contribution in [2.45, 2.75) is 26.2 Å². The van der Waals surface area contributed by atoms with Crippen molar-refractivity contribution in [1.82, 2.24) is 9.78 Å². The molecule has 0 spiro atoms. The SMILES string of the molecule is CCC(C(=O)Nc1c(N)c(C)nn1C)c1ccccc1. The molecule has 0 fully saturated rings. The predicted molar refractivity (Wildman–Crippen MR) is 80.5 cm³/mol. The van der Waals surface area contributed by atoms with Gasteiger partial charge in [-0.3, -0.25) is 9.48 Å². The quantitative estimate of drug-likeness (QED) is 0.897. The standard InChI is InChI=1S/C15H20N4O/c1-4-12(11-8-6-5-7-9-11)15(20)17-14-13(16)10(2)18-19(14)3/h5-9,12H,4,16H2,1-3H3,(H,17,20). The van der Waals surface area contributed by atoms with E-state index in [0.29, 0.717) is 11.5 Å². The number of nitrogens with two attached hydrogens (primary N) is 1. The van der Waals surface area contributed by atoms with E-state index in [4.69, 9.17) is 5.73 Å². The molecule has 5 heteroatoms. The van der Waals surface area contributed by atoms with E-state index in [9.17, 15) is 4.79 Å². The van der Waals surface area contributed by atoms with Crippen LogP contribution in [0, 0.1) is 6.92 Å². The van der Waals surface area contributed by atoms with Gasteiger partial charge in [0.05, 0.1) is 17.3 Å². The average molecular weight is 272 g/mol. The van der Waals surface area contributed by atoms with Gasteiger partial charge < -0.3 is 11.1 Å². The summed E-state index contributed by atoms with van der Waals surface area (Å²) in [6.07, 6.45) is 0.729. The van der Waals surface area contributed by atoms with Gasteiger partial charge in [0.2, 0.25) is 5.91 Å². The number of rotatable bonds is 4. The normalized spacial score (nSPS) is 12.2. The molecule has 1 aromatic heterocycles. The fourth-order valence-electron chi connectivity index (χ4n) is 2.28. The van der Waals surface area contributed by atoms with E-state index in [1.54, 1.807) is 11.7 Å². The van der Waals surface area contributed by atoms with E-state index in [2.05, 4.69) is 10.4 Å². The first-order valence-electron chi connectivity index (χ1n) is 6.69. The highest BCUT2D eigenvalue weighted by atomic mass is 16.2. The van der Waals surface area contributed by atoms with Gasteiger partial charge >= 0.3 is 0 Å². The number of amides is 1.